The maximum Gasteiger partial charge on any atom is 0.269 e. The number of aromatic nitrogens is 1. The van der Waals surface area contributed by atoms with Gasteiger partial charge in [0.15, 0.2) is 0 Å². The molecule has 0 saturated carbocycles. The van der Waals surface area contributed by atoms with Crippen molar-refractivity contribution in [2.45, 2.75) is 6.10 Å². The zero-order valence-corrected chi connectivity index (χ0v) is 11.4. The van der Waals surface area contributed by atoms with Crippen molar-refractivity contribution in [2.75, 3.05) is 7.05 Å². The molecular weight excluding hydrogens is 270 g/mol. The molecule has 0 aliphatic heterocycles. The number of primary amides is 1. The average molecular weight is 285 g/mol. The summed E-state index contributed by atoms with van der Waals surface area (Å²) in [6.07, 6.45) is -1.05. The standard InChI is InChI=1S/C15H15N3O3/c1-17-15(21)12-8-10(14(16)20)7-11(18-12)13(19)9-5-3-2-4-6-9/h2-8,13,19H,1H3,(H2,16,20)(H,17,21). The van der Waals surface area contributed by atoms with Crippen LogP contribution in [0, 0.1) is 0 Å². The second-order valence-electron chi connectivity index (χ2n) is 4.42. The lowest BCUT2D eigenvalue weighted by Crippen LogP contribution is -2.22. The van der Waals surface area contributed by atoms with E-state index in [-0.39, 0.29) is 17.0 Å². The molecule has 1 atom stereocenters. The maximum atomic E-state index is 11.7. The van der Waals surface area contributed by atoms with Gasteiger partial charge in [0.05, 0.1) is 5.69 Å². The average Bonchev–Trinajstić information content (AvgIpc) is 2.53. The minimum Gasteiger partial charge on any atom is -0.382 e. The minimum absolute atomic E-state index is 0.0266. The molecule has 108 valence electrons. The first-order valence-electron chi connectivity index (χ1n) is 6.30. The van der Waals surface area contributed by atoms with Crippen LogP contribution in [-0.4, -0.2) is 29.0 Å². The van der Waals surface area contributed by atoms with E-state index in [1.807, 2.05) is 6.07 Å². The molecule has 1 unspecified atom stereocenters. The number of nitrogens with zero attached hydrogens (tertiary/aromatic N) is 1. The first kappa shape index (κ1) is 14.7. The van der Waals surface area contributed by atoms with Crippen molar-refractivity contribution in [3.63, 3.8) is 0 Å². The highest BCUT2D eigenvalue weighted by Gasteiger charge is 2.17. The Hall–Kier alpha value is -2.73. The van der Waals surface area contributed by atoms with Crippen molar-refractivity contribution < 1.29 is 14.7 Å². The fourth-order valence-corrected chi connectivity index (χ4v) is 1.88. The third-order valence-electron chi connectivity index (χ3n) is 2.98. The van der Waals surface area contributed by atoms with Gasteiger partial charge in [0.1, 0.15) is 11.8 Å². The van der Waals surface area contributed by atoms with Gasteiger partial charge in [0.25, 0.3) is 5.91 Å². The van der Waals surface area contributed by atoms with Gasteiger partial charge >= 0.3 is 0 Å². The predicted molar refractivity (Wildman–Crippen MR) is 76.6 cm³/mol. The van der Waals surface area contributed by atoms with Crippen molar-refractivity contribution in [3.8, 4) is 0 Å². The first-order valence-corrected chi connectivity index (χ1v) is 6.30. The van der Waals surface area contributed by atoms with E-state index in [9.17, 15) is 14.7 Å². The second kappa shape index (κ2) is 6.15. The number of carbonyl (C=O) groups excluding carboxylic acids is 2. The summed E-state index contributed by atoms with van der Waals surface area (Å²) >= 11 is 0. The zero-order valence-electron chi connectivity index (χ0n) is 11.4. The quantitative estimate of drug-likeness (QED) is 0.765. The number of hydrogen-bond donors (Lipinski definition) is 3. The number of amides is 2. The molecule has 0 spiro atoms. The fraction of sp³-hybridized carbons (Fsp3) is 0.133. The van der Waals surface area contributed by atoms with Crippen LogP contribution in [0.4, 0.5) is 0 Å². The van der Waals surface area contributed by atoms with Crippen LogP contribution in [0.25, 0.3) is 0 Å². The maximum absolute atomic E-state index is 11.7. The van der Waals surface area contributed by atoms with E-state index in [2.05, 4.69) is 10.3 Å². The van der Waals surface area contributed by atoms with E-state index in [0.29, 0.717) is 5.56 Å². The van der Waals surface area contributed by atoms with E-state index in [0.717, 1.165) is 0 Å². The topological polar surface area (TPSA) is 105 Å². The van der Waals surface area contributed by atoms with E-state index in [4.69, 9.17) is 5.73 Å². The smallest absolute Gasteiger partial charge is 0.269 e. The molecule has 1 aromatic carbocycles. The second-order valence-corrected chi connectivity index (χ2v) is 4.42. The fourth-order valence-electron chi connectivity index (χ4n) is 1.88. The molecule has 0 saturated heterocycles. The number of nitrogens with two attached hydrogens (primary N) is 1. The Kier molecular flexibility index (Phi) is 4.30. The van der Waals surface area contributed by atoms with E-state index in [1.54, 1.807) is 24.3 Å². The highest BCUT2D eigenvalue weighted by atomic mass is 16.3. The molecule has 0 radical (unpaired) electrons. The van der Waals surface area contributed by atoms with Gasteiger partial charge in [-0.25, -0.2) is 4.98 Å². The van der Waals surface area contributed by atoms with Gasteiger partial charge in [-0.05, 0) is 17.7 Å². The zero-order chi connectivity index (χ0) is 15.4. The van der Waals surface area contributed by atoms with Crippen molar-refractivity contribution in [3.05, 3.63) is 65.0 Å². The van der Waals surface area contributed by atoms with Gasteiger partial charge in [0, 0.05) is 12.6 Å². The van der Waals surface area contributed by atoms with E-state index >= 15 is 0 Å². The summed E-state index contributed by atoms with van der Waals surface area (Å²) in [7, 11) is 1.45. The van der Waals surface area contributed by atoms with Crippen molar-refractivity contribution in [1.29, 1.82) is 0 Å². The van der Waals surface area contributed by atoms with Gasteiger partial charge in [0.2, 0.25) is 5.91 Å². The summed E-state index contributed by atoms with van der Waals surface area (Å²) in [6, 6.07) is 11.5. The van der Waals surface area contributed by atoms with Crippen LogP contribution in [0.1, 0.15) is 38.2 Å². The molecule has 2 amide bonds. The third-order valence-corrected chi connectivity index (χ3v) is 2.98. The number of rotatable bonds is 4. The molecule has 1 heterocycles. The Bertz CT molecular complexity index is 671. The van der Waals surface area contributed by atoms with Crippen molar-refractivity contribution >= 4 is 11.8 Å². The summed E-state index contributed by atoms with van der Waals surface area (Å²) in [5, 5.41) is 12.7. The van der Waals surface area contributed by atoms with Gasteiger partial charge < -0.3 is 16.2 Å². The number of nitrogens with one attached hydrogen (secondary N) is 1. The number of carbonyl (C=O) groups is 2. The molecule has 2 aromatic rings. The first-order chi connectivity index (χ1) is 10.0. The summed E-state index contributed by atoms with van der Waals surface area (Å²) in [5.74, 6) is -1.15. The normalized spacial score (nSPS) is 11.7. The van der Waals surface area contributed by atoms with Gasteiger partial charge in [-0.1, -0.05) is 30.3 Å². The Balaban J connectivity index is 2.50. The van der Waals surface area contributed by atoms with Crippen LogP contribution >= 0.6 is 0 Å². The Morgan fingerprint density at radius 1 is 1.24 bits per heavy atom. The van der Waals surface area contributed by atoms with Crippen LogP contribution in [0.15, 0.2) is 42.5 Å². The number of benzene rings is 1. The molecule has 0 aliphatic rings. The molecular formula is C15H15N3O3. The molecule has 2 rings (SSSR count). The molecule has 0 aliphatic carbocycles. The van der Waals surface area contributed by atoms with Gasteiger partial charge in [-0.15, -0.1) is 0 Å². The van der Waals surface area contributed by atoms with Crippen molar-refractivity contribution in [2.24, 2.45) is 5.73 Å². The molecule has 1 aromatic heterocycles. The minimum atomic E-state index is -1.05. The highest BCUT2D eigenvalue weighted by Crippen LogP contribution is 2.21. The predicted octanol–water partition coefficient (Wildman–Crippen LogP) is 0.622. The van der Waals surface area contributed by atoms with Crippen LogP contribution < -0.4 is 11.1 Å². The third kappa shape index (κ3) is 3.24. The van der Waals surface area contributed by atoms with Crippen LogP contribution in [0.5, 0.6) is 0 Å². The summed E-state index contributed by atoms with van der Waals surface area (Å²) < 4.78 is 0. The molecule has 6 heteroatoms. The van der Waals surface area contributed by atoms with Gasteiger partial charge in [-0.3, -0.25) is 9.59 Å². The lowest BCUT2D eigenvalue weighted by molar-refractivity contribution is 0.0957. The van der Waals surface area contributed by atoms with Crippen molar-refractivity contribution in [1.82, 2.24) is 10.3 Å². The SMILES string of the molecule is CNC(=O)c1cc(C(N)=O)cc(C(O)c2ccccc2)n1. The summed E-state index contributed by atoms with van der Waals surface area (Å²) in [4.78, 5) is 27.1. The largest absolute Gasteiger partial charge is 0.382 e. The van der Waals surface area contributed by atoms with E-state index < -0.39 is 17.9 Å². The summed E-state index contributed by atoms with van der Waals surface area (Å²) in [5.41, 5.74) is 6.19. The van der Waals surface area contributed by atoms with E-state index in [1.165, 1.54) is 19.2 Å². The number of pyridine rings is 1. The van der Waals surface area contributed by atoms with Crippen LogP contribution in [-0.2, 0) is 0 Å². The van der Waals surface area contributed by atoms with Crippen LogP contribution in [0.3, 0.4) is 0 Å². The molecule has 6 nitrogen and oxygen atoms in total. The number of hydrogen-bond acceptors (Lipinski definition) is 4. The molecule has 4 N–H and O–H groups in total. The highest BCUT2D eigenvalue weighted by molar-refractivity contribution is 5.97. The molecule has 0 fully saturated rings. The van der Waals surface area contributed by atoms with Gasteiger partial charge in [-0.2, -0.15) is 0 Å². The molecule has 21 heavy (non-hydrogen) atoms. The van der Waals surface area contributed by atoms with Crippen LogP contribution in [0.2, 0.25) is 0 Å². The number of aliphatic hydroxyl groups excluding tert-OH is 1. The monoisotopic (exact) mass is 285 g/mol. The Labute approximate surface area is 121 Å². The summed E-state index contributed by atoms with van der Waals surface area (Å²) in [6.45, 7) is 0. The lowest BCUT2D eigenvalue weighted by atomic mass is 10.0. The molecule has 0 bridgehead atoms. The number of aliphatic hydroxyl groups is 1. The Morgan fingerprint density at radius 3 is 2.48 bits per heavy atom. The Morgan fingerprint density at radius 2 is 1.90 bits per heavy atom. The lowest BCUT2D eigenvalue weighted by Gasteiger charge is -2.13.